The number of rotatable bonds is 4. The number of nitrogens with zero attached hydrogens (tertiary/aromatic N) is 3. The predicted octanol–water partition coefficient (Wildman–Crippen LogP) is 0.720. The zero-order valence-corrected chi connectivity index (χ0v) is 13.6. The minimum absolute atomic E-state index is 0.0644. The van der Waals surface area contributed by atoms with Gasteiger partial charge in [0.05, 0.1) is 11.8 Å². The molecule has 8 nitrogen and oxygen atoms in total. The number of hydrogen-bond acceptors (Lipinski definition) is 6. The summed E-state index contributed by atoms with van der Waals surface area (Å²) < 4.78 is 0. The molecule has 1 saturated heterocycles. The standard InChI is InChI=1S/C14H10ClN5O3S/c15-8-1-3-9(4-2-8)20-13(23)10(12(22)18-14(20)24)7-17-19-11(21)5-6-16/h1-4,7,10H,5H2,(H,19,21)(H,18,22,24)/b17-7-/t10-/m0/s1. The fourth-order valence-electron chi connectivity index (χ4n) is 1.85. The summed E-state index contributed by atoms with van der Waals surface area (Å²) in [6, 6.07) is 7.95. The summed E-state index contributed by atoms with van der Waals surface area (Å²) in [6.45, 7) is 0. The van der Waals surface area contributed by atoms with Crippen molar-refractivity contribution in [3.63, 3.8) is 0 Å². The van der Waals surface area contributed by atoms with E-state index in [-0.39, 0.29) is 11.5 Å². The Labute approximate surface area is 147 Å². The van der Waals surface area contributed by atoms with Gasteiger partial charge in [0.2, 0.25) is 5.91 Å². The summed E-state index contributed by atoms with van der Waals surface area (Å²) in [5, 5.41) is 14.7. The van der Waals surface area contributed by atoms with E-state index in [1.54, 1.807) is 30.3 Å². The van der Waals surface area contributed by atoms with Crippen LogP contribution in [0.1, 0.15) is 6.42 Å². The molecule has 1 aromatic rings. The Morgan fingerprint density at radius 2 is 2.12 bits per heavy atom. The van der Waals surface area contributed by atoms with E-state index in [9.17, 15) is 14.4 Å². The molecule has 1 aliphatic rings. The lowest BCUT2D eigenvalue weighted by Crippen LogP contribution is -2.58. The number of halogens is 1. The van der Waals surface area contributed by atoms with E-state index in [1.165, 1.54) is 0 Å². The molecule has 1 aliphatic heterocycles. The van der Waals surface area contributed by atoms with Crippen LogP contribution in [-0.4, -0.2) is 29.0 Å². The van der Waals surface area contributed by atoms with Gasteiger partial charge in [-0.1, -0.05) is 11.6 Å². The molecule has 1 aromatic carbocycles. The summed E-state index contributed by atoms with van der Waals surface area (Å²) in [4.78, 5) is 36.7. The average molecular weight is 364 g/mol. The van der Waals surface area contributed by atoms with Gasteiger partial charge in [0.25, 0.3) is 11.8 Å². The van der Waals surface area contributed by atoms with Gasteiger partial charge < -0.3 is 5.32 Å². The lowest BCUT2D eigenvalue weighted by atomic mass is 10.1. The molecule has 0 saturated carbocycles. The maximum absolute atomic E-state index is 12.5. The van der Waals surface area contributed by atoms with Crippen LogP contribution in [0.5, 0.6) is 0 Å². The Hall–Kier alpha value is -2.83. The Morgan fingerprint density at radius 1 is 1.46 bits per heavy atom. The van der Waals surface area contributed by atoms with Gasteiger partial charge in [0.1, 0.15) is 6.42 Å². The second-order valence-electron chi connectivity index (χ2n) is 4.57. The highest BCUT2D eigenvalue weighted by Gasteiger charge is 2.38. The Kier molecular flexibility index (Phi) is 5.57. The van der Waals surface area contributed by atoms with Crippen LogP contribution in [0, 0.1) is 17.2 Å². The van der Waals surface area contributed by atoms with E-state index in [1.807, 2.05) is 0 Å². The zero-order chi connectivity index (χ0) is 17.7. The fraction of sp³-hybridized carbons (Fsp3) is 0.143. The third kappa shape index (κ3) is 3.92. The average Bonchev–Trinajstić information content (AvgIpc) is 2.52. The zero-order valence-electron chi connectivity index (χ0n) is 12.0. The molecule has 24 heavy (non-hydrogen) atoms. The first-order valence-corrected chi connectivity index (χ1v) is 7.36. The number of anilines is 1. The molecule has 0 aliphatic carbocycles. The van der Waals surface area contributed by atoms with Gasteiger partial charge in [-0.15, -0.1) is 0 Å². The second-order valence-corrected chi connectivity index (χ2v) is 5.39. The van der Waals surface area contributed by atoms with E-state index < -0.39 is 23.6 Å². The minimum atomic E-state index is -1.27. The maximum atomic E-state index is 12.5. The molecular formula is C14H10ClN5O3S. The maximum Gasteiger partial charge on any atom is 0.254 e. The van der Waals surface area contributed by atoms with Gasteiger partial charge in [-0.3, -0.25) is 19.3 Å². The number of hydrogen-bond donors (Lipinski definition) is 2. The first-order chi connectivity index (χ1) is 11.4. The highest BCUT2D eigenvalue weighted by molar-refractivity contribution is 7.80. The van der Waals surface area contributed by atoms with E-state index in [0.29, 0.717) is 10.7 Å². The molecule has 122 valence electrons. The van der Waals surface area contributed by atoms with Crippen molar-refractivity contribution in [2.75, 3.05) is 4.90 Å². The molecule has 0 aromatic heterocycles. The van der Waals surface area contributed by atoms with Crippen molar-refractivity contribution >= 4 is 58.6 Å². The van der Waals surface area contributed by atoms with Gasteiger partial charge in [-0.2, -0.15) is 10.4 Å². The molecule has 0 spiro atoms. The molecule has 0 unspecified atom stereocenters. The van der Waals surface area contributed by atoms with Gasteiger partial charge in [0.15, 0.2) is 11.0 Å². The Bertz CT molecular complexity index is 772. The highest BCUT2D eigenvalue weighted by Crippen LogP contribution is 2.22. The predicted molar refractivity (Wildman–Crippen MR) is 90.0 cm³/mol. The van der Waals surface area contributed by atoms with Crippen molar-refractivity contribution in [1.29, 1.82) is 5.26 Å². The first-order valence-electron chi connectivity index (χ1n) is 6.57. The third-order valence-electron chi connectivity index (χ3n) is 2.94. The molecule has 10 heteroatoms. The van der Waals surface area contributed by atoms with Crippen LogP contribution >= 0.6 is 23.8 Å². The summed E-state index contributed by atoms with van der Waals surface area (Å²) in [5.41, 5.74) is 2.48. The molecular weight excluding hydrogens is 354 g/mol. The van der Waals surface area contributed by atoms with Crippen LogP contribution in [-0.2, 0) is 14.4 Å². The molecule has 0 bridgehead atoms. The number of hydrazone groups is 1. The molecule has 1 heterocycles. The number of nitriles is 1. The summed E-state index contributed by atoms with van der Waals surface area (Å²) in [7, 11) is 0. The summed E-state index contributed by atoms with van der Waals surface area (Å²) >= 11 is 10.8. The number of benzene rings is 1. The largest absolute Gasteiger partial charge is 0.301 e. The number of thiocarbonyl (C=S) groups is 1. The van der Waals surface area contributed by atoms with Crippen molar-refractivity contribution in [2.45, 2.75) is 6.42 Å². The van der Waals surface area contributed by atoms with Crippen molar-refractivity contribution in [3.8, 4) is 6.07 Å². The highest BCUT2D eigenvalue weighted by atomic mass is 35.5. The van der Waals surface area contributed by atoms with Crippen molar-refractivity contribution < 1.29 is 14.4 Å². The van der Waals surface area contributed by atoms with Crippen LogP contribution in [0.4, 0.5) is 5.69 Å². The Balaban J connectivity index is 2.19. The molecule has 2 N–H and O–H groups in total. The van der Waals surface area contributed by atoms with Crippen molar-refractivity contribution in [2.24, 2.45) is 11.0 Å². The van der Waals surface area contributed by atoms with E-state index >= 15 is 0 Å². The van der Waals surface area contributed by atoms with Crippen LogP contribution in [0.3, 0.4) is 0 Å². The van der Waals surface area contributed by atoms with Crippen LogP contribution in [0.25, 0.3) is 0 Å². The first kappa shape index (κ1) is 17.5. The number of carbonyl (C=O) groups excluding carboxylic acids is 3. The summed E-state index contributed by atoms with van der Waals surface area (Å²) in [6.07, 6.45) is 0.598. The SMILES string of the molecule is N#CCC(=O)N/N=C\[C@H]1C(=O)NC(=S)N(c2ccc(Cl)cc2)C1=O. The van der Waals surface area contributed by atoms with Crippen molar-refractivity contribution in [3.05, 3.63) is 29.3 Å². The fourth-order valence-corrected chi connectivity index (χ4v) is 2.27. The number of nitrogens with one attached hydrogen (secondary N) is 2. The third-order valence-corrected chi connectivity index (χ3v) is 3.48. The second kappa shape index (κ2) is 7.63. The lowest BCUT2D eigenvalue weighted by molar-refractivity contribution is -0.130. The van der Waals surface area contributed by atoms with Crippen molar-refractivity contribution in [1.82, 2.24) is 10.7 Å². The van der Waals surface area contributed by atoms with E-state index in [0.717, 1.165) is 11.1 Å². The smallest absolute Gasteiger partial charge is 0.254 e. The van der Waals surface area contributed by atoms with Gasteiger partial charge in [-0.05, 0) is 36.5 Å². The quantitative estimate of drug-likeness (QED) is 0.354. The Morgan fingerprint density at radius 3 is 2.75 bits per heavy atom. The van der Waals surface area contributed by atoms with Gasteiger partial charge in [-0.25, -0.2) is 5.43 Å². The van der Waals surface area contributed by atoms with E-state index in [2.05, 4.69) is 15.8 Å². The monoisotopic (exact) mass is 363 g/mol. The molecule has 1 fully saturated rings. The van der Waals surface area contributed by atoms with Gasteiger partial charge in [0, 0.05) is 11.2 Å². The molecule has 2 rings (SSSR count). The van der Waals surface area contributed by atoms with E-state index in [4.69, 9.17) is 29.1 Å². The number of amides is 3. The van der Waals surface area contributed by atoms with Crippen LogP contribution in [0.2, 0.25) is 5.02 Å². The normalized spacial score (nSPS) is 17.6. The van der Waals surface area contributed by atoms with Gasteiger partial charge >= 0.3 is 0 Å². The molecule has 0 radical (unpaired) electrons. The number of carbonyl (C=O) groups is 3. The molecule has 3 amide bonds. The molecule has 1 atom stereocenters. The van der Waals surface area contributed by atoms with Crippen LogP contribution in [0.15, 0.2) is 29.4 Å². The minimum Gasteiger partial charge on any atom is -0.301 e. The topological polar surface area (TPSA) is 115 Å². The summed E-state index contributed by atoms with van der Waals surface area (Å²) in [5.74, 6) is -3.20. The lowest BCUT2D eigenvalue weighted by Gasteiger charge is -2.30. The van der Waals surface area contributed by atoms with Crippen LogP contribution < -0.4 is 15.6 Å².